The van der Waals surface area contributed by atoms with Crippen molar-refractivity contribution in [1.29, 1.82) is 0 Å². The lowest BCUT2D eigenvalue weighted by atomic mass is 10.0. The van der Waals surface area contributed by atoms with E-state index in [1.807, 2.05) is 52.3 Å². The molecule has 0 bridgehead atoms. The molecule has 162 valence electrons. The van der Waals surface area contributed by atoms with E-state index in [1.165, 1.54) is 0 Å². The van der Waals surface area contributed by atoms with E-state index in [4.69, 9.17) is 16.0 Å². The molecule has 0 unspecified atom stereocenters. The highest BCUT2D eigenvalue weighted by molar-refractivity contribution is 6.30. The summed E-state index contributed by atoms with van der Waals surface area (Å²) in [4.78, 5) is 20.4. The van der Waals surface area contributed by atoms with Crippen molar-refractivity contribution in [2.45, 2.75) is 19.3 Å². The van der Waals surface area contributed by atoms with E-state index >= 15 is 0 Å². The number of rotatable bonds is 7. The van der Waals surface area contributed by atoms with Crippen LogP contribution in [0, 0.1) is 0 Å². The molecule has 3 heterocycles. The topological polar surface area (TPSA) is 49.6 Å². The number of urea groups is 1. The molecule has 1 aliphatic rings. The molecule has 0 spiro atoms. The summed E-state index contributed by atoms with van der Waals surface area (Å²) >= 11 is 6.00. The molecule has 2 aromatic heterocycles. The number of furan rings is 1. The Morgan fingerprint density at radius 1 is 0.906 bits per heavy atom. The van der Waals surface area contributed by atoms with Crippen LogP contribution < -0.4 is 4.90 Å². The Morgan fingerprint density at radius 2 is 1.69 bits per heavy atom. The minimum Gasteiger partial charge on any atom is -0.461 e. The van der Waals surface area contributed by atoms with Gasteiger partial charge in [0.1, 0.15) is 11.3 Å². The van der Waals surface area contributed by atoms with E-state index in [-0.39, 0.29) is 6.03 Å². The quantitative estimate of drug-likeness (QED) is 0.309. The van der Waals surface area contributed by atoms with Gasteiger partial charge in [0.15, 0.2) is 0 Å². The predicted octanol–water partition coefficient (Wildman–Crippen LogP) is 6.41. The molecule has 0 radical (unpaired) electrons. The molecule has 2 amide bonds. The number of fused-ring (bicyclic) bond motifs is 1. The van der Waals surface area contributed by atoms with Gasteiger partial charge >= 0.3 is 6.03 Å². The fourth-order valence-electron chi connectivity index (χ4n) is 4.20. The lowest BCUT2D eigenvalue weighted by Crippen LogP contribution is -2.32. The van der Waals surface area contributed by atoms with Crippen LogP contribution in [0.4, 0.5) is 10.5 Å². The third kappa shape index (κ3) is 4.34. The Hall–Kier alpha value is -3.31. The van der Waals surface area contributed by atoms with Gasteiger partial charge in [0.2, 0.25) is 0 Å². The van der Waals surface area contributed by atoms with E-state index in [1.54, 1.807) is 12.4 Å². The molecule has 4 aromatic rings. The lowest BCUT2D eigenvalue weighted by molar-refractivity contribution is 0.219. The predicted molar refractivity (Wildman–Crippen MR) is 128 cm³/mol. The number of unbranched alkanes of at least 4 members (excludes halogenated alkanes) is 1. The summed E-state index contributed by atoms with van der Waals surface area (Å²) in [7, 11) is 0. The van der Waals surface area contributed by atoms with Gasteiger partial charge in [-0.05, 0) is 66.4 Å². The van der Waals surface area contributed by atoms with Crippen LogP contribution in [-0.2, 0) is 6.42 Å². The number of carbonyl (C=O) groups excluding carboxylic acids is 1. The average Bonchev–Trinajstić information content (AvgIpc) is 3.40. The summed E-state index contributed by atoms with van der Waals surface area (Å²) in [5.74, 6) is 0.986. The number of hydrogen-bond donors (Lipinski definition) is 0. The molecule has 5 rings (SSSR count). The molecule has 0 atom stereocenters. The molecule has 2 aromatic carbocycles. The molecule has 32 heavy (non-hydrogen) atoms. The molecule has 1 fully saturated rings. The SMILES string of the molecule is O=C1N(CCCCc2cc3cc(-c4ccc(Cl)cc4)ccc3o2)CCN1c1ccncc1. The van der Waals surface area contributed by atoms with E-state index in [0.29, 0.717) is 0 Å². The van der Waals surface area contributed by atoms with Gasteiger partial charge in [-0.2, -0.15) is 0 Å². The largest absolute Gasteiger partial charge is 0.461 e. The molecule has 0 aliphatic carbocycles. The van der Waals surface area contributed by atoms with E-state index < -0.39 is 0 Å². The number of halogens is 1. The summed E-state index contributed by atoms with van der Waals surface area (Å²) in [5.41, 5.74) is 4.09. The first kappa shape index (κ1) is 20.6. The van der Waals surface area contributed by atoms with Crippen LogP contribution in [0.15, 0.2) is 77.5 Å². The smallest absolute Gasteiger partial charge is 0.324 e. The Morgan fingerprint density at radius 3 is 2.50 bits per heavy atom. The first-order chi connectivity index (χ1) is 15.7. The molecule has 0 N–H and O–H groups in total. The number of aryl methyl sites for hydroxylation is 1. The second-order valence-electron chi connectivity index (χ2n) is 8.06. The zero-order chi connectivity index (χ0) is 21.9. The molecule has 6 heteroatoms. The number of nitrogens with zero attached hydrogens (tertiary/aromatic N) is 3. The molecule has 5 nitrogen and oxygen atoms in total. The van der Waals surface area contributed by atoms with Crippen molar-refractivity contribution in [1.82, 2.24) is 9.88 Å². The second kappa shape index (κ2) is 9.05. The molecule has 0 saturated carbocycles. The van der Waals surface area contributed by atoms with Crippen LogP contribution in [0.3, 0.4) is 0 Å². The van der Waals surface area contributed by atoms with Gasteiger partial charge in [0, 0.05) is 54.5 Å². The van der Waals surface area contributed by atoms with Crippen molar-refractivity contribution in [3.8, 4) is 11.1 Å². The van der Waals surface area contributed by atoms with Crippen molar-refractivity contribution < 1.29 is 9.21 Å². The number of carbonyl (C=O) groups is 1. The fourth-order valence-corrected chi connectivity index (χ4v) is 4.33. The van der Waals surface area contributed by atoms with Crippen molar-refractivity contribution in [3.05, 3.63) is 83.8 Å². The minimum absolute atomic E-state index is 0.0784. The van der Waals surface area contributed by atoms with Crippen LogP contribution in [0.25, 0.3) is 22.1 Å². The third-order valence-electron chi connectivity index (χ3n) is 5.92. The highest BCUT2D eigenvalue weighted by atomic mass is 35.5. The summed E-state index contributed by atoms with van der Waals surface area (Å²) in [6, 6.07) is 20.1. The number of amides is 2. The van der Waals surface area contributed by atoms with E-state index in [9.17, 15) is 4.79 Å². The normalized spacial score (nSPS) is 14.0. The zero-order valence-electron chi connectivity index (χ0n) is 17.7. The molecule has 1 saturated heterocycles. The summed E-state index contributed by atoms with van der Waals surface area (Å²) in [6.45, 7) is 2.25. The van der Waals surface area contributed by atoms with Crippen LogP contribution in [0.1, 0.15) is 18.6 Å². The average molecular weight is 446 g/mol. The Labute approximate surface area is 192 Å². The summed E-state index contributed by atoms with van der Waals surface area (Å²) in [5, 5.41) is 1.84. The maximum Gasteiger partial charge on any atom is 0.324 e. The molecular formula is C26H24ClN3O2. The van der Waals surface area contributed by atoms with Crippen molar-refractivity contribution in [3.63, 3.8) is 0 Å². The monoisotopic (exact) mass is 445 g/mol. The minimum atomic E-state index is 0.0784. The highest BCUT2D eigenvalue weighted by Crippen LogP contribution is 2.28. The van der Waals surface area contributed by atoms with Crippen LogP contribution >= 0.6 is 11.6 Å². The maximum absolute atomic E-state index is 12.7. The Bertz CT molecular complexity index is 1220. The molecule has 1 aliphatic heterocycles. The van der Waals surface area contributed by atoms with Gasteiger partial charge < -0.3 is 9.32 Å². The maximum atomic E-state index is 12.7. The van der Waals surface area contributed by atoms with Gasteiger partial charge in [-0.1, -0.05) is 29.8 Å². The fraction of sp³-hybridized carbons (Fsp3) is 0.231. The molecular weight excluding hydrogens is 422 g/mol. The Kier molecular flexibility index (Phi) is 5.82. The van der Waals surface area contributed by atoms with Gasteiger partial charge in [-0.25, -0.2) is 4.79 Å². The van der Waals surface area contributed by atoms with E-state index in [0.717, 1.165) is 77.5 Å². The second-order valence-corrected chi connectivity index (χ2v) is 8.49. The lowest BCUT2D eigenvalue weighted by Gasteiger charge is -2.18. The van der Waals surface area contributed by atoms with E-state index in [2.05, 4.69) is 23.2 Å². The number of benzene rings is 2. The zero-order valence-corrected chi connectivity index (χ0v) is 18.5. The van der Waals surface area contributed by atoms with Crippen molar-refractivity contribution in [2.24, 2.45) is 0 Å². The number of anilines is 1. The van der Waals surface area contributed by atoms with Crippen LogP contribution in [0.2, 0.25) is 5.02 Å². The third-order valence-corrected chi connectivity index (χ3v) is 6.17. The number of pyridine rings is 1. The first-order valence-corrected chi connectivity index (χ1v) is 11.3. The number of aromatic nitrogens is 1. The number of hydrogen-bond acceptors (Lipinski definition) is 3. The van der Waals surface area contributed by atoms with Crippen molar-refractivity contribution in [2.75, 3.05) is 24.5 Å². The Balaban J connectivity index is 1.16. The van der Waals surface area contributed by atoms with Crippen molar-refractivity contribution >= 4 is 34.3 Å². The standard InChI is InChI=1S/C26H24ClN3O2/c27-22-7-4-19(5-8-22)20-6-9-25-21(17-20)18-24(32-25)3-1-2-14-29-15-16-30(26(29)31)23-10-12-28-13-11-23/h4-13,17-18H,1-3,14-16H2. The first-order valence-electron chi connectivity index (χ1n) is 10.9. The van der Waals surface area contributed by atoms with Gasteiger partial charge in [0.25, 0.3) is 0 Å². The van der Waals surface area contributed by atoms with Gasteiger partial charge in [-0.3, -0.25) is 9.88 Å². The van der Waals surface area contributed by atoms with Gasteiger partial charge in [0.05, 0.1) is 0 Å². The summed E-state index contributed by atoms with van der Waals surface area (Å²) in [6.07, 6.45) is 6.22. The van der Waals surface area contributed by atoms with Crippen LogP contribution in [-0.4, -0.2) is 35.5 Å². The summed E-state index contributed by atoms with van der Waals surface area (Å²) < 4.78 is 6.03. The van der Waals surface area contributed by atoms with Crippen LogP contribution in [0.5, 0.6) is 0 Å². The van der Waals surface area contributed by atoms with Gasteiger partial charge in [-0.15, -0.1) is 0 Å². The highest BCUT2D eigenvalue weighted by Gasteiger charge is 2.28.